The second-order valence-corrected chi connectivity index (χ2v) is 7.37. The molecule has 136 valence electrons. The summed E-state index contributed by atoms with van der Waals surface area (Å²) in [5.74, 6) is 1.36. The van der Waals surface area contributed by atoms with Crippen LogP contribution in [-0.4, -0.2) is 26.6 Å². The van der Waals surface area contributed by atoms with Crippen molar-refractivity contribution in [1.82, 2.24) is 20.0 Å². The van der Waals surface area contributed by atoms with Gasteiger partial charge in [-0.3, -0.25) is 9.48 Å². The van der Waals surface area contributed by atoms with Gasteiger partial charge in [0.1, 0.15) is 5.75 Å². The Bertz CT molecular complexity index is 1210. The fourth-order valence-electron chi connectivity index (χ4n) is 3.21. The lowest BCUT2D eigenvalue weighted by Gasteiger charge is -2.06. The number of nitrogens with one attached hydrogen (secondary N) is 1. The van der Waals surface area contributed by atoms with Crippen LogP contribution in [0.4, 0.5) is 0 Å². The lowest BCUT2D eigenvalue weighted by Crippen LogP contribution is -2.13. The minimum atomic E-state index is -0.191. The lowest BCUT2D eigenvalue weighted by atomic mass is 10.1. The summed E-state index contributed by atoms with van der Waals surface area (Å²) in [5.41, 5.74) is 1.37. The van der Waals surface area contributed by atoms with Crippen LogP contribution in [0.2, 0.25) is 5.02 Å². The van der Waals surface area contributed by atoms with Crippen LogP contribution in [0.15, 0.2) is 47.4 Å². The fraction of sp³-hybridized carbons (Fsp3) is 0.250. The SMILES string of the molecule is O=c1[nH]nc(Cn2cc3cc(OCC4CC4)c(Cl)cc3n2)c2ccccc12. The summed E-state index contributed by atoms with van der Waals surface area (Å²) in [7, 11) is 0. The van der Waals surface area contributed by atoms with Crippen LogP contribution < -0.4 is 10.3 Å². The Kier molecular flexibility index (Phi) is 3.86. The number of nitrogens with zero attached hydrogens (tertiary/aromatic N) is 3. The van der Waals surface area contributed by atoms with Crippen molar-refractivity contribution in [2.45, 2.75) is 19.4 Å². The first kappa shape index (κ1) is 16.3. The lowest BCUT2D eigenvalue weighted by molar-refractivity contribution is 0.300. The highest BCUT2D eigenvalue weighted by atomic mass is 35.5. The van der Waals surface area contributed by atoms with Crippen molar-refractivity contribution in [2.24, 2.45) is 5.92 Å². The minimum absolute atomic E-state index is 0.191. The number of rotatable bonds is 5. The zero-order chi connectivity index (χ0) is 18.4. The van der Waals surface area contributed by atoms with E-state index in [2.05, 4.69) is 15.3 Å². The van der Waals surface area contributed by atoms with Crippen molar-refractivity contribution in [3.63, 3.8) is 0 Å². The van der Waals surface area contributed by atoms with Crippen molar-refractivity contribution in [2.75, 3.05) is 6.61 Å². The zero-order valence-corrected chi connectivity index (χ0v) is 15.2. The maximum atomic E-state index is 11.9. The first-order valence-corrected chi connectivity index (χ1v) is 9.31. The van der Waals surface area contributed by atoms with Gasteiger partial charge in [0.2, 0.25) is 0 Å². The first-order valence-electron chi connectivity index (χ1n) is 8.93. The molecule has 0 spiro atoms. The molecule has 4 aromatic rings. The molecule has 2 aromatic carbocycles. The van der Waals surface area contributed by atoms with Gasteiger partial charge in [0.25, 0.3) is 5.56 Å². The van der Waals surface area contributed by atoms with Crippen LogP contribution in [-0.2, 0) is 6.54 Å². The number of aromatic amines is 1. The van der Waals surface area contributed by atoms with Crippen LogP contribution in [0.1, 0.15) is 18.5 Å². The summed E-state index contributed by atoms with van der Waals surface area (Å²) in [4.78, 5) is 11.9. The number of benzene rings is 2. The Morgan fingerprint density at radius 2 is 2.04 bits per heavy atom. The molecule has 1 N–H and O–H groups in total. The third-order valence-corrected chi connectivity index (χ3v) is 5.16. The van der Waals surface area contributed by atoms with Crippen LogP contribution in [0.25, 0.3) is 21.7 Å². The number of H-pyrrole nitrogens is 1. The minimum Gasteiger partial charge on any atom is -0.492 e. The molecule has 7 heteroatoms. The van der Waals surface area contributed by atoms with E-state index in [1.807, 2.05) is 36.5 Å². The number of ether oxygens (including phenoxy) is 1. The van der Waals surface area contributed by atoms with E-state index >= 15 is 0 Å². The predicted molar refractivity (Wildman–Crippen MR) is 104 cm³/mol. The van der Waals surface area contributed by atoms with E-state index in [0.717, 1.165) is 22.0 Å². The average molecular weight is 381 g/mol. The van der Waals surface area contributed by atoms with E-state index in [-0.39, 0.29) is 5.56 Å². The molecule has 1 fully saturated rings. The molecule has 2 aromatic heterocycles. The van der Waals surface area contributed by atoms with Crippen LogP contribution in [0.5, 0.6) is 5.75 Å². The molecule has 6 nitrogen and oxygen atoms in total. The molecule has 1 aliphatic rings. The molecule has 2 heterocycles. The average Bonchev–Trinajstić information content (AvgIpc) is 3.42. The van der Waals surface area contributed by atoms with E-state index < -0.39 is 0 Å². The van der Waals surface area contributed by atoms with Crippen LogP contribution in [0.3, 0.4) is 0 Å². The van der Waals surface area contributed by atoms with Crippen LogP contribution >= 0.6 is 11.6 Å². The molecule has 27 heavy (non-hydrogen) atoms. The Balaban J connectivity index is 1.48. The number of halogens is 1. The van der Waals surface area contributed by atoms with E-state index in [0.29, 0.717) is 35.2 Å². The first-order chi connectivity index (χ1) is 13.2. The molecule has 0 saturated heterocycles. The van der Waals surface area contributed by atoms with Crippen molar-refractivity contribution in [1.29, 1.82) is 0 Å². The van der Waals surface area contributed by atoms with Gasteiger partial charge >= 0.3 is 0 Å². The van der Waals surface area contributed by atoms with Gasteiger partial charge in [0.15, 0.2) is 0 Å². The van der Waals surface area contributed by atoms with Gasteiger partial charge in [-0.05, 0) is 37.0 Å². The Morgan fingerprint density at radius 1 is 1.22 bits per heavy atom. The maximum Gasteiger partial charge on any atom is 0.272 e. The molecule has 0 bridgehead atoms. The van der Waals surface area contributed by atoms with Crippen LogP contribution in [0, 0.1) is 5.92 Å². The maximum absolute atomic E-state index is 11.9. The topological polar surface area (TPSA) is 72.8 Å². The summed E-state index contributed by atoms with van der Waals surface area (Å²) in [6.07, 6.45) is 4.41. The Morgan fingerprint density at radius 3 is 2.85 bits per heavy atom. The van der Waals surface area contributed by atoms with E-state index in [9.17, 15) is 4.79 Å². The molecule has 1 aliphatic carbocycles. The normalized spacial score (nSPS) is 14.1. The third-order valence-electron chi connectivity index (χ3n) is 4.86. The summed E-state index contributed by atoms with van der Waals surface area (Å²) in [6.45, 7) is 1.16. The molecule has 0 amide bonds. The Labute approximate surface area is 159 Å². The standard InChI is InChI=1S/C20H17ClN4O2/c21-16-8-17-13(7-19(16)27-11-12-5-6-12)9-25(24-17)10-18-14-3-1-2-4-15(14)20(26)23-22-18/h1-4,7-9,12H,5-6,10-11H2,(H,23,26). The molecular formula is C20H17ClN4O2. The van der Waals surface area contributed by atoms with Gasteiger partial charge in [0.05, 0.1) is 34.8 Å². The third kappa shape index (κ3) is 3.17. The zero-order valence-electron chi connectivity index (χ0n) is 14.5. The molecule has 0 atom stereocenters. The Hall–Kier alpha value is -2.86. The largest absolute Gasteiger partial charge is 0.492 e. The van der Waals surface area contributed by atoms with Crippen molar-refractivity contribution < 1.29 is 4.74 Å². The van der Waals surface area contributed by atoms with Crippen molar-refractivity contribution >= 4 is 33.3 Å². The van der Waals surface area contributed by atoms with Gasteiger partial charge in [-0.2, -0.15) is 10.2 Å². The van der Waals surface area contributed by atoms with Gasteiger partial charge in [-0.25, -0.2) is 5.10 Å². The molecule has 5 rings (SSSR count). The quantitative estimate of drug-likeness (QED) is 0.572. The van der Waals surface area contributed by atoms with Crippen molar-refractivity contribution in [3.05, 3.63) is 63.7 Å². The molecule has 0 unspecified atom stereocenters. The highest BCUT2D eigenvalue weighted by molar-refractivity contribution is 6.32. The van der Waals surface area contributed by atoms with Gasteiger partial charge in [-0.1, -0.05) is 29.8 Å². The second kappa shape index (κ2) is 6.39. The van der Waals surface area contributed by atoms with E-state index in [1.165, 1.54) is 12.8 Å². The summed E-state index contributed by atoms with van der Waals surface area (Å²) < 4.78 is 7.65. The van der Waals surface area contributed by atoms with Gasteiger partial charge in [-0.15, -0.1) is 0 Å². The van der Waals surface area contributed by atoms with Gasteiger partial charge < -0.3 is 4.74 Å². The number of aromatic nitrogens is 4. The smallest absolute Gasteiger partial charge is 0.272 e. The summed E-state index contributed by atoms with van der Waals surface area (Å²) in [5, 5.41) is 14.3. The summed E-state index contributed by atoms with van der Waals surface area (Å²) in [6, 6.07) is 11.2. The number of hydrogen-bond donors (Lipinski definition) is 1. The van der Waals surface area contributed by atoms with E-state index in [4.69, 9.17) is 16.3 Å². The second-order valence-electron chi connectivity index (χ2n) is 6.97. The van der Waals surface area contributed by atoms with Crippen molar-refractivity contribution in [3.8, 4) is 5.75 Å². The summed E-state index contributed by atoms with van der Waals surface area (Å²) >= 11 is 6.35. The molecular weight excluding hydrogens is 364 g/mol. The fourth-order valence-corrected chi connectivity index (χ4v) is 3.42. The van der Waals surface area contributed by atoms with Gasteiger partial charge in [0, 0.05) is 17.0 Å². The highest BCUT2D eigenvalue weighted by Gasteiger charge is 2.22. The number of fused-ring (bicyclic) bond motifs is 2. The predicted octanol–water partition coefficient (Wildman–Crippen LogP) is 3.76. The highest BCUT2D eigenvalue weighted by Crippen LogP contribution is 2.33. The molecule has 1 saturated carbocycles. The molecule has 0 aliphatic heterocycles. The number of hydrogen-bond acceptors (Lipinski definition) is 4. The van der Waals surface area contributed by atoms with E-state index in [1.54, 1.807) is 10.7 Å². The molecule has 0 radical (unpaired) electrons. The monoisotopic (exact) mass is 380 g/mol.